The molecule has 0 bridgehead atoms. The number of halogens is 1. The molecule has 7 heteroatoms. The SMILES string of the molecule is Cc1ncc(-c2ccc(F)cc2)c(C2CCCN(C(=O)CCc3c(C)n[nH]c3C)C2)n1. The normalized spacial score (nSPS) is 16.5. The maximum atomic E-state index is 13.4. The molecule has 1 aliphatic rings. The largest absolute Gasteiger partial charge is 0.342 e. The van der Waals surface area contributed by atoms with Crippen LogP contribution < -0.4 is 0 Å². The third-order valence-corrected chi connectivity index (χ3v) is 6.12. The van der Waals surface area contributed by atoms with Gasteiger partial charge in [-0.3, -0.25) is 9.89 Å². The molecule has 162 valence electrons. The first kappa shape index (κ1) is 21.2. The number of aromatic amines is 1. The number of carbonyl (C=O) groups excluding carboxylic acids is 1. The van der Waals surface area contributed by atoms with Crippen LogP contribution in [0.2, 0.25) is 0 Å². The zero-order chi connectivity index (χ0) is 22.0. The Hall–Kier alpha value is -3.09. The Morgan fingerprint density at radius 3 is 2.71 bits per heavy atom. The van der Waals surface area contributed by atoms with Gasteiger partial charge < -0.3 is 4.90 Å². The lowest BCUT2D eigenvalue weighted by atomic mass is 9.89. The molecule has 3 heterocycles. The zero-order valence-corrected chi connectivity index (χ0v) is 18.3. The first-order chi connectivity index (χ1) is 14.9. The van der Waals surface area contributed by atoms with Gasteiger partial charge in [0.2, 0.25) is 5.91 Å². The summed E-state index contributed by atoms with van der Waals surface area (Å²) in [7, 11) is 0. The van der Waals surface area contributed by atoms with Crippen LogP contribution in [-0.2, 0) is 11.2 Å². The standard InChI is InChI=1S/C24H28FN5O/c1-15-21(16(2)29-28-15)10-11-23(31)30-12-4-5-19(14-30)24-22(13-26-17(3)27-24)18-6-8-20(25)9-7-18/h6-9,13,19H,4-5,10-12,14H2,1-3H3,(H,28,29). The van der Waals surface area contributed by atoms with Crippen molar-refractivity contribution < 1.29 is 9.18 Å². The number of aromatic nitrogens is 4. The number of nitrogens with zero attached hydrogens (tertiary/aromatic N) is 4. The van der Waals surface area contributed by atoms with E-state index in [0.29, 0.717) is 25.2 Å². The Labute approximate surface area is 181 Å². The average molecular weight is 422 g/mol. The van der Waals surface area contributed by atoms with E-state index in [9.17, 15) is 9.18 Å². The monoisotopic (exact) mass is 421 g/mol. The summed E-state index contributed by atoms with van der Waals surface area (Å²) in [5, 5.41) is 7.21. The van der Waals surface area contributed by atoms with Crippen LogP contribution in [0.1, 0.15) is 53.7 Å². The molecule has 1 aromatic carbocycles. The van der Waals surface area contributed by atoms with Crippen molar-refractivity contribution >= 4 is 5.91 Å². The van der Waals surface area contributed by atoms with E-state index in [1.807, 2.05) is 31.9 Å². The van der Waals surface area contributed by atoms with E-state index < -0.39 is 0 Å². The third-order valence-electron chi connectivity index (χ3n) is 6.12. The highest BCUT2D eigenvalue weighted by Gasteiger charge is 2.28. The first-order valence-corrected chi connectivity index (χ1v) is 10.8. The highest BCUT2D eigenvalue weighted by molar-refractivity contribution is 5.77. The zero-order valence-electron chi connectivity index (χ0n) is 18.3. The van der Waals surface area contributed by atoms with E-state index in [1.54, 1.807) is 12.1 Å². The van der Waals surface area contributed by atoms with Crippen molar-refractivity contribution in [2.24, 2.45) is 0 Å². The molecule has 0 saturated carbocycles. The summed E-state index contributed by atoms with van der Waals surface area (Å²) in [6.45, 7) is 7.25. The number of benzene rings is 1. The molecule has 31 heavy (non-hydrogen) atoms. The summed E-state index contributed by atoms with van der Waals surface area (Å²) in [6, 6.07) is 6.42. The number of nitrogens with one attached hydrogen (secondary N) is 1. The molecular formula is C24H28FN5O. The number of aryl methyl sites for hydroxylation is 3. The second-order valence-electron chi connectivity index (χ2n) is 8.31. The van der Waals surface area contributed by atoms with Gasteiger partial charge >= 0.3 is 0 Å². The van der Waals surface area contributed by atoms with Crippen molar-refractivity contribution in [3.63, 3.8) is 0 Å². The van der Waals surface area contributed by atoms with E-state index in [4.69, 9.17) is 4.98 Å². The lowest BCUT2D eigenvalue weighted by molar-refractivity contribution is -0.132. The Bertz CT molecular complexity index is 1060. The molecule has 1 aliphatic heterocycles. The highest BCUT2D eigenvalue weighted by Crippen LogP contribution is 2.33. The maximum absolute atomic E-state index is 13.4. The molecule has 6 nitrogen and oxygen atoms in total. The van der Waals surface area contributed by atoms with E-state index in [0.717, 1.165) is 53.2 Å². The molecule has 3 aromatic rings. The Morgan fingerprint density at radius 1 is 1.23 bits per heavy atom. The first-order valence-electron chi connectivity index (χ1n) is 10.8. The summed E-state index contributed by atoms with van der Waals surface area (Å²) < 4.78 is 13.4. The predicted octanol–water partition coefficient (Wildman–Crippen LogP) is 4.27. The summed E-state index contributed by atoms with van der Waals surface area (Å²) in [5.41, 5.74) is 5.87. The molecule has 0 spiro atoms. The molecule has 1 amide bonds. The van der Waals surface area contributed by atoms with Crippen molar-refractivity contribution in [1.82, 2.24) is 25.1 Å². The number of H-pyrrole nitrogens is 1. The van der Waals surface area contributed by atoms with E-state index in [1.165, 1.54) is 12.1 Å². The molecule has 1 unspecified atom stereocenters. The van der Waals surface area contributed by atoms with Gasteiger partial charge in [0.1, 0.15) is 11.6 Å². The smallest absolute Gasteiger partial charge is 0.222 e. The minimum atomic E-state index is -0.268. The molecular weight excluding hydrogens is 393 g/mol. The van der Waals surface area contributed by atoms with Gasteiger partial charge in [-0.25, -0.2) is 14.4 Å². The number of hydrogen-bond acceptors (Lipinski definition) is 4. The van der Waals surface area contributed by atoms with Crippen LogP contribution in [0.25, 0.3) is 11.1 Å². The van der Waals surface area contributed by atoms with Gasteiger partial charge in [-0.15, -0.1) is 0 Å². The van der Waals surface area contributed by atoms with Crippen LogP contribution in [0.4, 0.5) is 4.39 Å². The molecule has 2 aromatic heterocycles. The Balaban J connectivity index is 1.51. The predicted molar refractivity (Wildman–Crippen MR) is 117 cm³/mol. The minimum Gasteiger partial charge on any atom is -0.342 e. The fraction of sp³-hybridized carbons (Fsp3) is 0.417. The number of piperidine rings is 1. The minimum absolute atomic E-state index is 0.136. The number of hydrogen-bond donors (Lipinski definition) is 1. The van der Waals surface area contributed by atoms with Crippen LogP contribution in [0.5, 0.6) is 0 Å². The summed E-state index contributed by atoms with van der Waals surface area (Å²) in [4.78, 5) is 24.0. The Kier molecular flexibility index (Phi) is 6.11. The van der Waals surface area contributed by atoms with Crippen LogP contribution >= 0.6 is 0 Å². The van der Waals surface area contributed by atoms with Crippen molar-refractivity contribution in [3.05, 3.63) is 64.7 Å². The number of amides is 1. The summed E-state index contributed by atoms with van der Waals surface area (Å²) in [6.07, 6.45) is 4.89. The molecule has 1 atom stereocenters. The van der Waals surface area contributed by atoms with Crippen LogP contribution in [0, 0.1) is 26.6 Å². The topological polar surface area (TPSA) is 74.8 Å². The maximum Gasteiger partial charge on any atom is 0.222 e. The Morgan fingerprint density at radius 2 is 2.00 bits per heavy atom. The molecule has 1 fully saturated rings. The van der Waals surface area contributed by atoms with Crippen molar-refractivity contribution in [2.45, 2.75) is 52.4 Å². The lowest BCUT2D eigenvalue weighted by Gasteiger charge is -2.33. The van der Waals surface area contributed by atoms with Crippen LogP contribution in [0.15, 0.2) is 30.5 Å². The van der Waals surface area contributed by atoms with E-state index >= 15 is 0 Å². The van der Waals surface area contributed by atoms with Gasteiger partial charge in [0.25, 0.3) is 0 Å². The number of carbonyl (C=O) groups is 1. The van der Waals surface area contributed by atoms with Crippen molar-refractivity contribution in [2.75, 3.05) is 13.1 Å². The van der Waals surface area contributed by atoms with Crippen molar-refractivity contribution in [3.8, 4) is 11.1 Å². The van der Waals surface area contributed by atoms with E-state index in [2.05, 4.69) is 15.2 Å². The van der Waals surface area contributed by atoms with E-state index in [-0.39, 0.29) is 17.6 Å². The highest BCUT2D eigenvalue weighted by atomic mass is 19.1. The second-order valence-corrected chi connectivity index (χ2v) is 8.31. The summed E-state index contributed by atoms with van der Waals surface area (Å²) in [5.74, 6) is 0.738. The average Bonchev–Trinajstić information content (AvgIpc) is 3.10. The molecule has 1 N–H and O–H groups in total. The van der Waals surface area contributed by atoms with Gasteiger partial charge in [-0.1, -0.05) is 12.1 Å². The molecule has 0 radical (unpaired) electrons. The van der Waals surface area contributed by atoms with Crippen molar-refractivity contribution in [1.29, 1.82) is 0 Å². The van der Waals surface area contributed by atoms with Gasteiger partial charge in [0.05, 0.1) is 11.4 Å². The van der Waals surface area contributed by atoms with Crippen LogP contribution in [-0.4, -0.2) is 44.1 Å². The molecule has 1 saturated heterocycles. The van der Waals surface area contributed by atoms with Gasteiger partial charge in [-0.05, 0) is 63.3 Å². The van der Waals surface area contributed by atoms with Gasteiger partial charge in [0, 0.05) is 42.9 Å². The lowest BCUT2D eigenvalue weighted by Crippen LogP contribution is -2.39. The third kappa shape index (κ3) is 4.65. The number of rotatable bonds is 5. The summed E-state index contributed by atoms with van der Waals surface area (Å²) >= 11 is 0. The quantitative estimate of drug-likeness (QED) is 0.668. The number of likely N-dealkylation sites (tertiary alicyclic amines) is 1. The molecule has 4 rings (SSSR count). The van der Waals surface area contributed by atoms with Gasteiger partial charge in [0.15, 0.2) is 0 Å². The fourth-order valence-electron chi connectivity index (χ4n) is 4.41. The molecule has 0 aliphatic carbocycles. The van der Waals surface area contributed by atoms with Gasteiger partial charge in [-0.2, -0.15) is 5.10 Å². The van der Waals surface area contributed by atoms with Crippen LogP contribution in [0.3, 0.4) is 0 Å². The fourth-order valence-corrected chi connectivity index (χ4v) is 4.41. The second kappa shape index (κ2) is 8.96.